The molecule has 0 aliphatic heterocycles. The molecule has 1 amide bonds. The molecule has 0 unspecified atom stereocenters. The third-order valence-corrected chi connectivity index (χ3v) is 4.14. The Labute approximate surface area is 158 Å². The van der Waals surface area contributed by atoms with Crippen molar-refractivity contribution >= 4 is 23.1 Å². The van der Waals surface area contributed by atoms with Gasteiger partial charge in [-0.3, -0.25) is 4.79 Å². The number of aromatic nitrogens is 2. The van der Waals surface area contributed by atoms with Crippen molar-refractivity contribution in [1.82, 2.24) is 9.97 Å². The minimum Gasteiger partial charge on any atom is -0.495 e. The number of ether oxygens (including phenoxy) is 1. The second-order valence-corrected chi connectivity index (χ2v) is 6.39. The van der Waals surface area contributed by atoms with E-state index in [1.807, 2.05) is 57.2 Å². The summed E-state index contributed by atoms with van der Waals surface area (Å²) in [7, 11) is 1.61. The van der Waals surface area contributed by atoms with Crippen LogP contribution in [0.5, 0.6) is 5.75 Å². The van der Waals surface area contributed by atoms with Crippen LogP contribution in [-0.4, -0.2) is 23.0 Å². The number of anilines is 3. The number of rotatable bonds is 5. The Balaban J connectivity index is 1.74. The predicted octanol–water partition coefficient (Wildman–Crippen LogP) is 4.41. The van der Waals surface area contributed by atoms with E-state index in [9.17, 15) is 4.79 Å². The van der Waals surface area contributed by atoms with E-state index in [2.05, 4.69) is 20.6 Å². The maximum atomic E-state index is 12.4. The lowest BCUT2D eigenvalue weighted by atomic mass is 10.1. The van der Waals surface area contributed by atoms with Crippen LogP contribution in [0.15, 0.2) is 48.8 Å². The zero-order valence-electron chi connectivity index (χ0n) is 15.8. The number of nitrogens with zero attached hydrogens (tertiary/aromatic N) is 2. The fourth-order valence-electron chi connectivity index (χ4n) is 2.62. The maximum Gasteiger partial charge on any atom is 0.275 e. The first-order valence-corrected chi connectivity index (χ1v) is 8.58. The SMILES string of the molecule is COc1ccc(C)cc1Nc1cnc(C(=O)Nc2cc(C)ccc2C)cn1. The van der Waals surface area contributed by atoms with Crippen molar-refractivity contribution in [1.29, 1.82) is 0 Å². The lowest BCUT2D eigenvalue weighted by molar-refractivity contribution is 0.102. The van der Waals surface area contributed by atoms with Crippen molar-refractivity contribution in [3.63, 3.8) is 0 Å². The van der Waals surface area contributed by atoms with E-state index in [-0.39, 0.29) is 11.6 Å². The summed E-state index contributed by atoms with van der Waals surface area (Å²) in [5, 5.41) is 6.05. The fourth-order valence-corrected chi connectivity index (χ4v) is 2.62. The zero-order valence-corrected chi connectivity index (χ0v) is 15.8. The minimum absolute atomic E-state index is 0.248. The molecule has 138 valence electrons. The van der Waals surface area contributed by atoms with E-state index in [1.165, 1.54) is 12.4 Å². The van der Waals surface area contributed by atoms with Crippen molar-refractivity contribution in [2.24, 2.45) is 0 Å². The predicted molar refractivity (Wildman–Crippen MR) is 107 cm³/mol. The van der Waals surface area contributed by atoms with Crippen molar-refractivity contribution < 1.29 is 9.53 Å². The fraction of sp³-hybridized carbons (Fsp3) is 0.190. The molecule has 6 heteroatoms. The van der Waals surface area contributed by atoms with Crippen LogP contribution in [0.25, 0.3) is 0 Å². The lowest BCUT2D eigenvalue weighted by Gasteiger charge is -2.12. The molecule has 0 aliphatic carbocycles. The maximum absolute atomic E-state index is 12.4. The summed E-state index contributed by atoms with van der Waals surface area (Å²) in [5.74, 6) is 0.942. The van der Waals surface area contributed by atoms with Gasteiger partial charge in [0, 0.05) is 5.69 Å². The molecule has 0 saturated carbocycles. The third-order valence-electron chi connectivity index (χ3n) is 4.14. The normalized spacial score (nSPS) is 10.4. The first-order valence-electron chi connectivity index (χ1n) is 8.58. The third kappa shape index (κ3) is 4.41. The van der Waals surface area contributed by atoms with Crippen molar-refractivity contribution in [2.75, 3.05) is 17.7 Å². The smallest absolute Gasteiger partial charge is 0.275 e. The summed E-state index contributed by atoms with van der Waals surface area (Å²) >= 11 is 0. The van der Waals surface area contributed by atoms with Crippen molar-refractivity contribution in [3.05, 3.63) is 71.2 Å². The molecule has 3 aromatic rings. The summed E-state index contributed by atoms with van der Waals surface area (Å²) in [4.78, 5) is 21.0. The van der Waals surface area contributed by atoms with Crippen LogP contribution >= 0.6 is 0 Å². The molecular weight excluding hydrogens is 340 g/mol. The Hall–Kier alpha value is -3.41. The summed E-state index contributed by atoms with van der Waals surface area (Å²) in [6.07, 6.45) is 2.98. The number of aryl methyl sites for hydroxylation is 3. The lowest BCUT2D eigenvalue weighted by Crippen LogP contribution is -2.15. The van der Waals surface area contributed by atoms with Crippen LogP contribution in [0.1, 0.15) is 27.2 Å². The highest BCUT2D eigenvalue weighted by Crippen LogP contribution is 2.27. The number of carbonyl (C=O) groups excluding carboxylic acids is 1. The molecule has 6 nitrogen and oxygen atoms in total. The first kappa shape index (κ1) is 18.4. The highest BCUT2D eigenvalue weighted by Gasteiger charge is 2.11. The topological polar surface area (TPSA) is 76.1 Å². The quantitative estimate of drug-likeness (QED) is 0.703. The van der Waals surface area contributed by atoms with Crippen LogP contribution in [0.3, 0.4) is 0 Å². The average Bonchev–Trinajstić information content (AvgIpc) is 2.65. The molecule has 0 radical (unpaired) electrons. The van der Waals surface area contributed by atoms with Crippen molar-refractivity contribution in [2.45, 2.75) is 20.8 Å². The average molecular weight is 362 g/mol. The zero-order chi connectivity index (χ0) is 19.4. The van der Waals surface area contributed by atoms with Gasteiger partial charge in [0.05, 0.1) is 25.2 Å². The van der Waals surface area contributed by atoms with Gasteiger partial charge in [-0.2, -0.15) is 0 Å². The van der Waals surface area contributed by atoms with Gasteiger partial charge < -0.3 is 15.4 Å². The second-order valence-electron chi connectivity index (χ2n) is 6.39. The Kier molecular flexibility index (Phi) is 5.35. The molecule has 0 saturated heterocycles. The molecule has 2 aromatic carbocycles. The molecular formula is C21H22N4O2. The van der Waals surface area contributed by atoms with E-state index >= 15 is 0 Å². The largest absolute Gasteiger partial charge is 0.495 e. The van der Waals surface area contributed by atoms with E-state index in [1.54, 1.807) is 7.11 Å². The monoisotopic (exact) mass is 362 g/mol. The van der Waals surface area contributed by atoms with Gasteiger partial charge >= 0.3 is 0 Å². The second kappa shape index (κ2) is 7.86. The molecule has 2 N–H and O–H groups in total. The van der Waals surface area contributed by atoms with Crippen molar-refractivity contribution in [3.8, 4) is 5.75 Å². The molecule has 0 fully saturated rings. The molecule has 1 aromatic heterocycles. The molecule has 0 atom stereocenters. The highest BCUT2D eigenvalue weighted by molar-refractivity contribution is 6.03. The van der Waals surface area contributed by atoms with Gasteiger partial charge in [0.2, 0.25) is 0 Å². The molecule has 27 heavy (non-hydrogen) atoms. The van der Waals surface area contributed by atoms with Crippen LogP contribution < -0.4 is 15.4 Å². The van der Waals surface area contributed by atoms with Crippen LogP contribution in [0, 0.1) is 20.8 Å². The Morgan fingerprint density at radius 3 is 2.30 bits per heavy atom. The van der Waals surface area contributed by atoms with Gasteiger partial charge in [0.1, 0.15) is 17.3 Å². The van der Waals surface area contributed by atoms with Gasteiger partial charge in [0.25, 0.3) is 5.91 Å². The highest BCUT2D eigenvalue weighted by atomic mass is 16.5. The number of amides is 1. The standard InChI is InChI=1S/C21H22N4O2/c1-13-5-7-15(3)16(9-13)25-21(26)18-11-23-20(12-22-18)24-17-10-14(2)6-8-19(17)27-4/h5-12H,1-4H3,(H,23,24)(H,25,26). The number of hydrogen-bond donors (Lipinski definition) is 2. The molecule has 0 aliphatic rings. The molecule has 0 spiro atoms. The van der Waals surface area contributed by atoms with E-state index in [4.69, 9.17) is 4.74 Å². The van der Waals surface area contributed by atoms with Crippen LogP contribution in [-0.2, 0) is 0 Å². The summed E-state index contributed by atoms with van der Waals surface area (Å²) in [5.41, 5.74) is 4.97. The van der Waals surface area contributed by atoms with Gasteiger partial charge in [0.15, 0.2) is 0 Å². The molecule has 1 heterocycles. The Bertz CT molecular complexity index is 968. The van der Waals surface area contributed by atoms with Crippen LogP contribution in [0.2, 0.25) is 0 Å². The van der Waals surface area contributed by atoms with Gasteiger partial charge in [-0.15, -0.1) is 0 Å². The summed E-state index contributed by atoms with van der Waals surface area (Å²) < 4.78 is 5.35. The summed E-state index contributed by atoms with van der Waals surface area (Å²) in [6.45, 7) is 5.93. The number of methoxy groups -OCH3 is 1. The number of hydrogen-bond acceptors (Lipinski definition) is 5. The van der Waals surface area contributed by atoms with Gasteiger partial charge in [-0.1, -0.05) is 18.2 Å². The minimum atomic E-state index is -0.295. The molecule has 3 rings (SSSR count). The Morgan fingerprint density at radius 2 is 1.63 bits per heavy atom. The summed E-state index contributed by atoms with van der Waals surface area (Å²) in [6, 6.07) is 11.7. The number of carbonyl (C=O) groups is 1. The van der Waals surface area contributed by atoms with Gasteiger partial charge in [-0.25, -0.2) is 9.97 Å². The van der Waals surface area contributed by atoms with Crippen LogP contribution in [0.4, 0.5) is 17.2 Å². The van der Waals surface area contributed by atoms with Gasteiger partial charge in [-0.05, 0) is 55.7 Å². The molecule has 0 bridgehead atoms. The Morgan fingerprint density at radius 1 is 0.926 bits per heavy atom. The van der Waals surface area contributed by atoms with E-state index < -0.39 is 0 Å². The number of nitrogens with one attached hydrogen (secondary N) is 2. The van der Waals surface area contributed by atoms with E-state index in [0.717, 1.165) is 28.1 Å². The first-order chi connectivity index (χ1) is 13.0. The van der Waals surface area contributed by atoms with E-state index in [0.29, 0.717) is 11.6 Å². The number of benzene rings is 2.